The Balaban J connectivity index is 1.23. The van der Waals surface area contributed by atoms with Gasteiger partial charge in [-0.3, -0.25) is 9.69 Å². The highest BCUT2D eigenvalue weighted by atomic mass is 16.5. The standard InChI is InChI=1S/C30H35N7O2/c1-19(2)28-25-11-22(21-6-8-35(9-7-21)16-27(38)36-13-20(12-31)14-36)4-5-26(25)34-29(28)23-10-24(17-39-3)30-32-18-33-37(30)15-23/h4-5,10-11,15,18-21,34H,6-9,13-14,16-17H2,1-3H3. The van der Waals surface area contributed by atoms with Gasteiger partial charge in [-0.1, -0.05) is 19.9 Å². The van der Waals surface area contributed by atoms with Gasteiger partial charge in [-0.2, -0.15) is 10.4 Å². The van der Waals surface area contributed by atoms with E-state index in [0.717, 1.165) is 53.9 Å². The van der Waals surface area contributed by atoms with Crippen LogP contribution in [0.3, 0.4) is 0 Å². The van der Waals surface area contributed by atoms with E-state index in [9.17, 15) is 4.79 Å². The quantitative estimate of drug-likeness (QED) is 0.386. The topological polar surface area (TPSA) is 103 Å². The number of methoxy groups -OCH3 is 1. The zero-order chi connectivity index (χ0) is 27.1. The van der Waals surface area contributed by atoms with Crippen molar-refractivity contribution in [1.82, 2.24) is 29.4 Å². The second-order valence-corrected chi connectivity index (χ2v) is 11.3. The SMILES string of the molecule is COCc1cc(-c2[nH]c3ccc(C4CCN(CC(=O)N5CC(C#N)C5)CC4)cc3c2C(C)C)cn2ncnc12. The summed E-state index contributed by atoms with van der Waals surface area (Å²) in [6.07, 6.45) is 5.69. The minimum Gasteiger partial charge on any atom is -0.380 e. The molecule has 0 radical (unpaired) electrons. The molecule has 9 heteroatoms. The molecule has 9 nitrogen and oxygen atoms in total. The Hall–Kier alpha value is -3.74. The van der Waals surface area contributed by atoms with E-state index in [1.165, 1.54) is 16.5 Å². The summed E-state index contributed by atoms with van der Waals surface area (Å²) in [6.45, 7) is 8.43. The van der Waals surface area contributed by atoms with Gasteiger partial charge in [0.05, 0.1) is 30.8 Å². The first-order chi connectivity index (χ1) is 18.9. The molecule has 2 fully saturated rings. The van der Waals surface area contributed by atoms with Crippen LogP contribution < -0.4 is 0 Å². The lowest BCUT2D eigenvalue weighted by atomic mass is 9.87. The number of pyridine rings is 1. The number of hydrogen-bond donors (Lipinski definition) is 1. The Morgan fingerprint density at radius 1 is 1.23 bits per heavy atom. The molecular formula is C30H35N7O2. The minimum atomic E-state index is 0.0113. The van der Waals surface area contributed by atoms with Gasteiger partial charge in [-0.05, 0) is 67.1 Å². The number of ether oxygens (including phenoxy) is 1. The number of nitriles is 1. The number of rotatable bonds is 7. The van der Waals surface area contributed by atoms with Gasteiger partial charge in [-0.25, -0.2) is 9.50 Å². The van der Waals surface area contributed by atoms with Crippen molar-refractivity contribution in [3.8, 4) is 17.3 Å². The van der Waals surface area contributed by atoms with Crippen LogP contribution in [0.5, 0.6) is 0 Å². The van der Waals surface area contributed by atoms with E-state index in [1.807, 2.05) is 15.6 Å². The Morgan fingerprint density at radius 3 is 2.74 bits per heavy atom. The Morgan fingerprint density at radius 2 is 2.03 bits per heavy atom. The summed E-state index contributed by atoms with van der Waals surface area (Å²) in [4.78, 5) is 24.7. The van der Waals surface area contributed by atoms with Crippen LogP contribution in [-0.2, 0) is 16.1 Å². The van der Waals surface area contributed by atoms with Crippen LogP contribution >= 0.6 is 0 Å². The van der Waals surface area contributed by atoms with Gasteiger partial charge in [0.15, 0.2) is 5.65 Å². The average Bonchev–Trinajstić information content (AvgIpc) is 3.53. The number of benzene rings is 1. The van der Waals surface area contributed by atoms with Gasteiger partial charge in [0, 0.05) is 48.4 Å². The predicted molar refractivity (Wildman–Crippen MR) is 149 cm³/mol. The Bertz CT molecular complexity index is 1550. The second-order valence-electron chi connectivity index (χ2n) is 11.3. The van der Waals surface area contributed by atoms with Crippen molar-refractivity contribution in [3.63, 3.8) is 0 Å². The number of carbonyl (C=O) groups excluding carboxylic acids is 1. The summed E-state index contributed by atoms with van der Waals surface area (Å²) in [5, 5.41) is 14.6. The highest BCUT2D eigenvalue weighted by Gasteiger charge is 2.32. The number of nitrogens with zero attached hydrogens (tertiary/aromatic N) is 6. The first-order valence-corrected chi connectivity index (χ1v) is 13.8. The number of amides is 1. The third-order valence-electron chi connectivity index (χ3n) is 8.31. The molecule has 0 aliphatic carbocycles. The molecule has 1 amide bonds. The lowest BCUT2D eigenvalue weighted by Gasteiger charge is -2.38. The summed E-state index contributed by atoms with van der Waals surface area (Å²) in [5.74, 6) is 0.972. The van der Waals surface area contributed by atoms with E-state index in [1.54, 1.807) is 13.4 Å². The zero-order valence-electron chi connectivity index (χ0n) is 22.9. The highest BCUT2D eigenvalue weighted by molar-refractivity contribution is 5.92. The number of H-pyrrole nitrogens is 1. The third-order valence-corrected chi connectivity index (χ3v) is 8.31. The van der Waals surface area contributed by atoms with Crippen molar-refractivity contribution in [3.05, 3.63) is 53.5 Å². The molecule has 0 atom stereocenters. The van der Waals surface area contributed by atoms with Crippen molar-refractivity contribution in [1.29, 1.82) is 5.26 Å². The number of carbonyl (C=O) groups is 1. The number of aromatic nitrogens is 4. The molecule has 0 spiro atoms. The van der Waals surface area contributed by atoms with Gasteiger partial charge >= 0.3 is 0 Å². The van der Waals surface area contributed by atoms with Gasteiger partial charge in [0.2, 0.25) is 5.91 Å². The monoisotopic (exact) mass is 525 g/mol. The number of likely N-dealkylation sites (tertiary alicyclic amines) is 2. The molecule has 0 saturated carbocycles. The zero-order valence-corrected chi connectivity index (χ0v) is 22.9. The van der Waals surface area contributed by atoms with Gasteiger partial charge in [0.25, 0.3) is 0 Å². The van der Waals surface area contributed by atoms with Gasteiger partial charge in [0.1, 0.15) is 6.33 Å². The van der Waals surface area contributed by atoms with E-state index < -0.39 is 0 Å². The minimum absolute atomic E-state index is 0.0113. The molecule has 1 aromatic carbocycles. The predicted octanol–water partition coefficient (Wildman–Crippen LogP) is 4.31. The van der Waals surface area contributed by atoms with E-state index in [0.29, 0.717) is 38.1 Å². The molecule has 0 bridgehead atoms. The second kappa shape index (κ2) is 10.4. The molecule has 5 heterocycles. The number of hydrogen-bond acceptors (Lipinski definition) is 6. The highest BCUT2D eigenvalue weighted by Crippen LogP contribution is 2.38. The van der Waals surface area contributed by atoms with Crippen molar-refractivity contribution in [2.24, 2.45) is 5.92 Å². The Labute approximate surface area is 228 Å². The maximum atomic E-state index is 12.5. The molecule has 202 valence electrons. The largest absolute Gasteiger partial charge is 0.380 e. The van der Waals surface area contributed by atoms with Crippen LogP contribution in [0.2, 0.25) is 0 Å². The van der Waals surface area contributed by atoms with E-state index in [2.05, 4.69) is 64.1 Å². The van der Waals surface area contributed by atoms with Crippen LogP contribution in [-0.4, -0.2) is 75.1 Å². The van der Waals surface area contributed by atoms with Crippen molar-refractivity contribution < 1.29 is 9.53 Å². The van der Waals surface area contributed by atoms with Crippen LogP contribution in [0.1, 0.15) is 55.2 Å². The Kier molecular flexibility index (Phi) is 6.83. The van der Waals surface area contributed by atoms with Gasteiger partial charge in [-0.15, -0.1) is 0 Å². The molecule has 2 aliphatic rings. The van der Waals surface area contributed by atoms with Crippen LogP contribution in [0.25, 0.3) is 27.8 Å². The summed E-state index contributed by atoms with van der Waals surface area (Å²) < 4.78 is 7.27. The molecule has 1 N–H and O–H groups in total. The first-order valence-electron chi connectivity index (χ1n) is 13.8. The van der Waals surface area contributed by atoms with Crippen LogP contribution in [0.15, 0.2) is 36.8 Å². The van der Waals surface area contributed by atoms with E-state index >= 15 is 0 Å². The fourth-order valence-electron chi connectivity index (χ4n) is 6.19. The van der Waals surface area contributed by atoms with E-state index in [4.69, 9.17) is 10.00 Å². The number of nitrogens with one attached hydrogen (secondary N) is 1. The fourth-order valence-corrected chi connectivity index (χ4v) is 6.19. The third kappa shape index (κ3) is 4.79. The molecule has 6 rings (SSSR count). The van der Waals surface area contributed by atoms with Crippen LogP contribution in [0, 0.1) is 17.2 Å². The summed E-state index contributed by atoms with van der Waals surface area (Å²) in [6, 6.07) is 11.3. The van der Waals surface area contributed by atoms with Crippen molar-refractivity contribution in [2.45, 2.75) is 45.1 Å². The molecule has 0 unspecified atom stereocenters. The lowest BCUT2D eigenvalue weighted by molar-refractivity contribution is -0.137. The molecular weight excluding hydrogens is 490 g/mol. The summed E-state index contributed by atoms with van der Waals surface area (Å²) in [7, 11) is 1.70. The summed E-state index contributed by atoms with van der Waals surface area (Å²) in [5.41, 5.74) is 7.82. The number of fused-ring (bicyclic) bond motifs is 2. The number of aromatic amines is 1. The normalized spacial score (nSPS) is 17.3. The summed E-state index contributed by atoms with van der Waals surface area (Å²) >= 11 is 0. The fraction of sp³-hybridized carbons (Fsp3) is 0.467. The van der Waals surface area contributed by atoms with Crippen molar-refractivity contribution >= 4 is 22.5 Å². The molecule has 39 heavy (non-hydrogen) atoms. The molecule has 3 aromatic heterocycles. The van der Waals surface area contributed by atoms with Crippen LogP contribution in [0.4, 0.5) is 0 Å². The first kappa shape index (κ1) is 25.5. The van der Waals surface area contributed by atoms with Crippen molar-refractivity contribution in [2.75, 3.05) is 39.8 Å². The maximum absolute atomic E-state index is 12.5. The number of piperidine rings is 1. The molecule has 4 aromatic rings. The maximum Gasteiger partial charge on any atom is 0.236 e. The smallest absolute Gasteiger partial charge is 0.236 e. The molecule has 2 aliphatic heterocycles. The average molecular weight is 526 g/mol. The molecule has 2 saturated heterocycles. The lowest BCUT2D eigenvalue weighted by Crippen LogP contribution is -2.53. The van der Waals surface area contributed by atoms with E-state index in [-0.39, 0.29) is 11.8 Å². The van der Waals surface area contributed by atoms with Gasteiger partial charge < -0.3 is 14.6 Å².